The molecule has 1 unspecified atom stereocenters. The number of fused-ring (bicyclic) bond motifs is 1. The van der Waals surface area contributed by atoms with Crippen LogP contribution in [0.1, 0.15) is 44.5 Å². The van der Waals surface area contributed by atoms with Crippen molar-refractivity contribution in [1.82, 2.24) is 19.8 Å². The zero-order chi connectivity index (χ0) is 16.5. The Balaban J connectivity index is 0.00000121. The number of likely N-dealkylation sites (tertiary alicyclic amines) is 1. The third-order valence-electron chi connectivity index (χ3n) is 5.28. The van der Waals surface area contributed by atoms with Crippen LogP contribution in [0.15, 0.2) is 24.3 Å². The Kier molecular flexibility index (Phi) is 7.33. The van der Waals surface area contributed by atoms with Crippen molar-refractivity contribution < 1.29 is 4.79 Å². The SMILES string of the molecule is CCn1c(C2CCCN2C(=O)CNCC2CC2)nc2ccccc21.Cl.Cl. The van der Waals surface area contributed by atoms with E-state index in [9.17, 15) is 4.79 Å². The number of carbonyl (C=O) groups excluding carboxylic acids is 1. The summed E-state index contributed by atoms with van der Waals surface area (Å²) in [5.74, 6) is 2.07. The predicted octanol–water partition coefficient (Wildman–Crippen LogP) is 3.56. The normalized spacial score (nSPS) is 19.3. The summed E-state index contributed by atoms with van der Waals surface area (Å²) < 4.78 is 2.27. The third kappa shape index (κ3) is 4.16. The highest BCUT2D eigenvalue weighted by Crippen LogP contribution is 2.33. The van der Waals surface area contributed by atoms with Crippen molar-refractivity contribution >= 4 is 41.8 Å². The first-order valence-electron chi connectivity index (χ1n) is 9.23. The number of hydrogen-bond donors (Lipinski definition) is 1. The van der Waals surface area contributed by atoms with Crippen molar-refractivity contribution in [2.75, 3.05) is 19.6 Å². The molecule has 2 heterocycles. The van der Waals surface area contributed by atoms with Gasteiger partial charge in [0.05, 0.1) is 23.6 Å². The topological polar surface area (TPSA) is 50.2 Å². The van der Waals surface area contributed by atoms with Gasteiger partial charge in [0.25, 0.3) is 0 Å². The molecule has 144 valence electrons. The Labute approximate surface area is 167 Å². The number of para-hydroxylation sites is 2. The van der Waals surface area contributed by atoms with Crippen molar-refractivity contribution in [1.29, 1.82) is 0 Å². The Hall–Kier alpha value is -1.30. The highest BCUT2D eigenvalue weighted by molar-refractivity contribution is 5.85. The Morgan fingerprint density at radius 1 is 1.23 bits per heavy atom. The van der Waals surface area contributed by atoms with E-state index in [1.54, 1.807) is 0 Å². The molecule has 26 heavy (non-hydrogen) atoms. The number of aryl methyl sites for hydroxylation is 1. The summed E-state index contributed by atoms with van der Waals surface area (Å²) in [5, 5.41) is 3.33. The van der Waals surface area contributed by atoms with Crippen molar-refractivity contribution in [2.45, 2.75) is 45.2 Å². The highest BCUT2D eigenvalue weighted by atomic mass is 35.5. The van der Waals surface area contributed by atoms with Gasteiger partial charge in [0, 0.05) is 13.1 Å². The molecule has 2 fully saturated rings. The van der Waals surface area contributed by atoms with Crippen LogP contribution >= 0.6 is 24.8 Å². The fourth-order valence-corrected chi connectivity index (χ4v) is 3.82. The molecule has 1 aromatic heterocycles. The Bertz CT molecular complexity index is 744. The van der Waals surface area contributed by atoms with Crippen LogP contribution in [0.3, 0.4) is 0 Å². The van der Waals surface area contributed by atoms with Crippen LogP contribution < -0.4 is 5.32 Å². The van der Waals surface area contributed by atoms with Crippen molar-refractivity contribution in [3.05, 3.63) is 30.1 Å². The van der Waals surface area contributed by atoms with Crippen LogP contribution in [0.4, 0.5) is 0 Å². The van der Waals surface area contributed by atoms with Gasteiger partial charge in [-0.25, -0.2) is 4.98 Å². The minimum absolute atomic E-state index is 0. The lowest BCUT2D eigenvalue weighted by Crippen LogP contribution is -2.39. The summed E-state index contributed by atoms with van der Waals surface area (Å²) in [6, 6.07) is 8.38. The lowest BCUT2D eigenvalue weighted by Gasteiger charge is -2.25. The second-order valence-electron chi connectivity index (χ2n) is 7.02. The molecule has 0 spiro atoms. The maximum atomic E-state index is 12.7. The standard InChI is InChI=1S/C19H26N4O.2ClH/c1-2-22-16-7-4-3-6-15(16)21-19(22)17-8-5-11-23(17)18(24)13-20-12-14-9-10-14;;/h3-4,6-7,14,17,20H,2,5,8-13H2,1H3;2*1H. The number of imidazole rings is 1. The van der Waals surface area contributed by atoms with Crippen LogP contribution in [0, 0.1) is 5.92 Å². The highest BCUT2D eigenvalue weighted by Gasteiger charge is 2.33. The van der Waals surface area contributed by atoms with Crippen LogP contribution in [0.2, 0.25) is 0 Å². The van der Waals surface area contributed by atoms with Gasteiger partial charge in [-0.3, -0.25) is 4.79 Å². The second kappa shape index (κ2) is 9.07. The van der Waals surface area contributed by atoms with E-state index in [4.69, 9.17) is 4.98 Å². The van der Waals surface area contributed by atoms with E-state index in [0.29, 0.717) is 6.54 Å². The number of halogens is 2. The van der Waals surface area contributed by atoms with E-state index in [0.717, 1.165) is 49.7 Å². The molecule has 1 atom stereocenters. The number of carbonyl (C=O) groups is 1. The monoisotopic (exact) mass is 398 g/mol. The average Bonchev–Trinajstić information content (AvgIpc) is 3.16. The first-order chi connectivity index (χ1) is 11.8. The number of hydrogen-bond acceptors (Lipinski definition) is 3. The number of rotatable bonds is 6. The summed E-state index contributed by atoms with van der Waals surface area (Å²) in [7, 11) is 0. The van der Waals surface area contributed by atoms with Gasteiger partial charge in [-0.2, -0.15) is 0 Å². The minimum Gasteiger partial charge on any atom is -0.331 e. The summed E-state index contributed by atoms with van der Waals surface area (Å²) in [6.07, 6.45) is 4.70. The average molecular weight is 399 g/mol. The maximum Gasteiger partial charge on any atom is 0.237 e. The van der Waals surface area contributed by atoms with Crippen LogP contribution in [0.25, 0.3) is 11.0 Å². The van der Waals surface area contributed by atoms with E-state index in [-0.39, 0.29) is 36.8 Å². The van der Waals surface area contributed by atoms with Gasteiger partial charge in [0.2, 0.25) is 5.91 Å². The molecule has 4 rings (SSSR count). The lowest BCUT2D eigenvalue weighted by molar-refractivity contribution is -0.131. The number of amides is 1. The van der Waals surface area contributed by atoms with Gasteiger partial charge in [-0.05, 0) is 57.2 Å². The zero-order valence-corrected chi connectivity index (χ0v) is 16.8. The number of nitrogens with one attached hydrogen (secondary N) is 1. The summed E-state index contributed by atoms with van der Waals surface area (Å²) in [5.41, 5.74) is 2.20. The first-order valence-corrected chi connectivity index (χ1v) is 9.23. The molecule has 0 radical (unpaired) electrons. The van der Waals surface area contributed by atoms with Gasteiger partial charge in [-0.15, -0.1) is 24.8 Å². The number of nitrogens with zero attached hydrogens (tertiary/aromatic N) is 3. The molecule has 1 aromatic carbocycles. The molecule has 5 nitrogen and oxygen atoms in total. The smallest absolute Gasteiger partial charge is 0.237 e. The molecule has 2 aliphatic rings. The molecule has 1 aliphatic heterocycles. The van der Waals surface area contributed by atoms with Crippen molar-refractivity contribution in [3.63, 3.8) is 0 Å². The molecule has 2 aromatic rings. The van der Waals surface area contributed by atoms with Gasteiger partial charge < -0.3 is 14.8 Å². The van der Waals surface area contributed by atoms with Crippen LogP contribution in [0.5, 0.6) is 0 Å². The van der Waals surface area contributed by atoms with Gasteiger partial charge in [0.1, 0.15) is 5.82 Å². The largest absolute Gasteiger partial charge is 0.331 e. The molecule has 1 aliphatic carbocycles. The van der Waals surface area contributed by atoms with Crippen molar-refractivity contribution in [3.8, 4) is 0 Å². The van der Waals surface area contributed by atoms with Gasteiger partial charge in [0.15, 0.2) is 0 Å². The molecule has 1 N–H and O–H groups in total. The van der Waals surface area contributed by atoms with E-state index in [2.05, 4.69) is 35.0 Å². The number of benzene rings is 1. The first kappa shape index (κ1) is 21.0. The zero-order valence-electron chi connectivity index (χ0n) is 15.2. The molecular weight excluding hydrogens is 371 g/mol. The second-order valence-corrected chi connectivity index (χ2v) is 7.02. The van der Waals surface area contributed by atoms with E-state index >= 15 is 0 Å². The summed E-state index contributed by atoms with van der Waals surface area (Å²) in [4.78, 5) is 19.6. The van der Waals surface area contributed by atoms with E-state index in [1.807, 2.05) is 11.0 Å². The van der Waals surface area contributed by atoms with Gasteiger partial charge >= 0.3 is 0 Å². The predicted molar refractivity (Wildman–Crippen MR) is 109 cm³/mol. The molecule has 1 amide bonds. The van der Waals surface area contributed by atoms with Crippen molar-refractivity contribution in [2.24, 2.45) is 5.92 Å². The Morgan fingerprint density at radius 3 is 2.73 bits per heavy atom. The van der Waals surface area contributed by atoms with Gasteiger partial charge in [-0.1, -0.05) is 12.1 Å². The quantitative estimate of drug-likeness (QED) is 0.808. The molecule has 1 saturated carbocycles. The fraction of sp³-hybridized carbons (Fsp3) is 0.579. The minimum atomic E-state index is 0. The molecule has 0 bridgehead atoms. The summed E-state index contributed by atoms with van der Waals surface area (Å²) >= 11 is 0. The molecule has 7 heteroatoms. The van der Waals surface area contributed by atoms with Crippen LogP contribution in [-0.4, -0.2) is 40.0 Å². The Morgan fingerprint density at radius 2 is 2.00 bits per heavy atom. The third-order valence-corrected chi connectivity index (χ3v) is 5.28. The van der Waals surface area contributed by atoms with E-state index < -0.39 is 0 Å². The molecule has 1 saturated heterocycles. The molecular formula is C19H28Cl2N4O. The van der Waals surface area contributed by atoms with Crippen LogP contribution in [-0.2, 0) is 11.3 Å². The lowest BCUT2D eigenvalue weighted by atomic mass is 10.2. The van der Waals surface area contributed by atoms with E-state index in [1.165, 1.54) is 18.4 Å². The maximum absolute atomic E-state index is 12.7. The summed E-state index contributed by atoms with van der Waals surface area (Å²) in [6.45, 7) is 5.32. The number of aromatic nitrogens is 2. The fourth-order valence-electron chi connectivity index (χ4n) is 3.82.